The zero-order valence-electron chi connectivity index (χ0n) is 23.2. The van der Waals surface area contributed by atoms with E-state index in [9.17, 15) is 14.3 Å². The van der Waals surface area contributed by atoms with Crippen molar-refractivity contribution in [3.05, 3.63) is 64.5 Å². The van der Waals surface area contributed by atoms with E-state index in [2.05, 4.69) is 40.3 Å². The standard InChI is InChI=1S/C30H35FN6O2S/c1-4-24-29(34(3)30-33-25(18-40-30)20-5-7-22(31)8-6-20)37-14-9-19(2)27(28(37)32-24)21-10-12-35(13-11-21)17-26(39)36-15-23(38)16-36/h5-9,14,18,21,23,38H,4,10-13,15-17H2,1-3H3. The first-order chi connectivity index (χ1) is 19.3. The molecule has 0 unspecified atom stereocenters. The third-order valence-corrected chi connectivity index (χ3v) is 9.15. The summed E-state index contributed by atoms with van der Waals surface area (Å²) in [7, 11) is 2.03. The lowest BCUT2D eigenvalue weighted by Crippen LogP contribution is -2.56. The molecule has 2 aliphatic rings. The smallest absolute Gasteiger partial charge is 0.236 e. The van der Waals surface area contributed by atoms with E-state index in [0.29, 0.717) is 25.6 Å². The molecule has 4 aromatic rings. The number of likely N-dealkylation sites (tertiary alicyclic amines) is 2. The summed E-state index contributed by atoms with van der Waals surface area (Å²) < 4.78 is 15.6. The number of carbonyl (C=O) groups is 1. The van der Waals surface area contributed by atoms with Crippen molar-refractivity contribution in [3.63, 3.8) is 0 Å². The maximum atomic E-state index is 13.4. The zero-order chi connectivity index (χ0) is 28.0. The van der Waals surface area contributed by atoms with Gasteiger partial charge in [0.2, 0.25) is 5.91 Å². The first kappa shape index (κ1) is 26.9. The van der Waals surface area contributed by atoms with E-state index < -0.39 is 0 Å². The van der Waals surface area contributed by atoms with Crippen molar-refractivity contribution in [3.8, 4) is 11.3 Å². The largest absolute Gasteiger partial charge is 0.389 e. The maximum Gasteiger partial charge on any atom is 0.236 e. The zero-order valence-corrected chi connectivity index (χ0v) is 24.0. The van der Waals surface area contributed by atoms with E-state index in [0.717, 1.165) is 65.9 Å². The third kappa shape index (κ3) is 5.00. The molecule has 5 heterocycles. The number of imidazole rings is 1. The van der Waals surface area contributed by atoms with Crippen LogP contribution >= 0.6 is 11.3 Å². The van der Waals surface area contributed by atoms with Crippen molar-refractivity contribution in [2.24, 2.45) is 0 Å². The number of piperidine rings is 1. The summed E-state index contributed by atoms with van der Waals surface area (Å²) >= 11 is 1.56. The molecule has 0 aliphatic carbocycles. The van der Waals surface area contributed by atoms with Gasteiger partial charge >= 0.3 is 0 Å². The Morgan fingerprint density at radius 1 is 1.15 bits per heavy atom. The van der Waals surface area contributed by atoms with E-state index in [1.165, 1.54) is 23.3 Å². The van der Waals surface area contributed by atoms with E-state index in [4.69, 9.17) is 9.97 Å². The van der Waals surface area contributed by atoms with Crippen molar-refractivity contribution in [2.45, 2.75) is 45.1 Å². The van der Waals surface area contributed by atoms with Gasteiger partial charge in [0.05, 0.1) is 24.0 Å². The Labute approximate surface area is 237 Å². The normalized spacial score (nSPS) is 17.0. The number of amides is 1. The van der Waals surface area contributed by atoms with Crippen LogP contribution in [0.1, 0.15) is 42.5 Å². The summed E-state index contributed by atoms with van der Waals surface area (Å²) in [6.45, 7) is 7.38. The number of hydrogen-bond acceptors (Lipinski definition) is 7. The fourth-order valence-electron chi connectivity index (χ4n) is 5.94. The van der Waals surface area contributed by atoms with Crippen LogP contribution in [-0.4, -0.2) is 81.1 Å². The fraction of sp³-hybridized carbons (Fsp3) is 0.433. The number of thiazole rings is 1. The number of halogens is 1. The van der Waals surface area contributed by atoms with Gasteiger partial charge in [0, 0.05) is 42.8 Å². The second kappa shape index (κ2) is 10.9. The molecule has 40 heavy (non-hydrogen) atoms. The highest BCUT2D eigenvalue weighted by Gasteiger charge is 2.32. The van der Waals surface area contributed by atoms with Crippen LogP contribution in [-0.2, 0) is 11.2 Å². The maximum absolute atomic E-state index is 13.4. The summed E-state index contributed by atoms with van der Waals surface area (Å²) in [5, 5.41) is 12.4. The van der Waals surface area contributed by atoms with E-state index in [-0.39, 0.29) is 17.8 Å². The molecule has 0 saturated carbocycles. The Hall–Kier alpha value is -3.34. The minimum Gasteiger partial charge on any atom is -0.389 e. The van der Waals surface area contributed by atoms with Gasteiger partial charge < -0.3 is 14.9 Å². The van der Waals surface area contributed by atoms with Crippen LogP contribution in [0.3, 0.4) is 0 Å². The highest BCUT2D eigenvalue weighted by atomic mass is 32.1. The SMILES string of the molecule is CCc1nc2c(C3CCN(CC(=O)N4CC(O)C4)CC3)c(C)ccn2c1N(C)c1nc(-c2ccc(F)cc2)cs1. The topological polar surface area (TPSA) is 77.2 Å². The molecular weight excluding hydrogens is 527 g/mol. The lowest BCUT2D eigenvalue weighted by molar-refractivity contribution is -0.142. The molecule has 1 N–H and O–H groups in total. The highest BCUT2D eigenvalue weighted by Crippen LogP contribution is 2.38. The predicted octanol–water partition coefficient (Wildman–Crippen LogP) is 4.62. The predicted molar refractivity (Wildman–Crippen MR) is 156 cm³/mol. The van der Waals surface area contributed by atoms with Crippen LogP contribution in [0.25, 0.3) is 16.9 Å². The van der Waals surface area contributed by atoms with E-state index in [1.54, 1.807) is 28.4 Å². The van der Waals surface area contributed by atoms with Gasteiger partial charge in [0.15, 0.2) is 5.13 Å². The second-order valence-corrected chi connectivity index (χ2v) is 11.8. The number of aliphatic hydroxyl groups excluding tert-OH is 1. The number of nitrogens with zero attached hydrogens (tertiary/aromatic N) is 6. The first-order valence-corrected chi connectivity index (χ1v) is 14.8. The lowest BCUT2D eigenvalue weighted by Gasteiger charge is -2.38. The van der Waals surface area contributed by atoms with Crippen molar-refractivity contribution in [2.75, 3.05) is 44.7 Å². The number of fused-ring (bicyclic) bond motifs is 1. The van der Waals surface area contributed by atoms with Crippen molar-refractivity contribution in [1.29, 1.82) is 0 Å². The minimum atomic E-state index is -0.364. The van der Waals surface area contributed by atoms with E-state index in [1.807, 2.05) is 12.4 Å². The summed E-state index contributed by atoms with van der Waals surface area (Å²) in [6, 6.07) is 8.61. The number of aromatic nitrogens is 3. The number of benzene rings is 1. The quantitative estimate of drug-likeness (QED) is 0.354. The van der Waals surface area contributed by atoms with Gasteiger partial charge in [-0.25, -0.2) is 14.4 Å². The number of rotatable bonds is 7. The van der Waals surface area contributed by atoms with Crippen LogP contribution in [0.5, 0.6) is 0 Å². The molecule has 0 bridgehead atoms. The number of aliphatic hydroxyl groups is 1. The van der Waals surface area contributed by atoms with Gasteiger partial charge in [0.25, 0.3) is 0 Å². The molecule has 0 radical (unpaired) electrons. The summed E-state index contributed by atoms with van der Waals surface area (Å²) in [4.78, 5) is 28.6. The van der Waals surface area contributed by atoms with Crippen LogP contribution in [0.2, 0.25) is 0 Å². The monoisotopic (exact) mass is 562 g/mol. The molecule has 10 heteroatoms. The molecule has 2 saturated heterocycles. The molecule has 8 nitrogen and oxygen atoms in total. The Morgan fingerprint density at radius 3 is 2.55 bits per heavy atom. The number of pyridine rings is 1. The van der Waals surface area contributed by atoms with Gasteiger partial charge in [-0.2, -0.15) is 0 Å². The Morgan fingerprint density at radius 2 is 1.88 bits per heavy atom. The van der Waals surface area contributed by atoms with Crippen molar-refractivity contribution in [1.82, 2.24) is 24.2 Å². The summed E-state index contributed by atoms with van der Waals surface area (Å²) in [6.07, 6.45) is 4.49. The lowest BCUT2D eigenvalue weighted by atomic mass is 9.87. The molecule has 0 spiro atoms. The van der Waals surface area contributed by atoms with Gasteiger partial charge in [0.1, 0.15) is 17.3 Å². The van der Waals surface area contributed by atoms with E-state index >= 15 is 0 Å². The molecule has 6 rings (SSSR count). The number of β-amino-alcohol motifs (C(OH)–C–C–N with tert-alkyl or cyclic N) is 1. The van der Waals surface area contributed by atoms with Gasteiger partial charge in [-0.1, -0.05) is 6.92 Å². The second-order valence-electron chi connectivity index (χ2n) is 10.9. The van der Waals surface area contributed by atoms with Gasteiger partial charge in [-0.15, -0.1) is 11.3 Å². The summed E-state index contributed by atoms with van der Waals surface area (Å²) in [5.74, 6) is 1.24. The van der Waals surface area contributed by atoms with Gasteiger partial charge in [-0.3, -0.25) is 14.1 Å². The molecule has 1 amide bonds. The average Bonchev–Trinajstić information content (AvgIpc) is 3.57. The third-order valence-electron chi connectivity index (χ3n) is 8.24. The van der Waals surface area contributed by atoms with Crippen LogP contribution in [0.4, 0.5) is 15.3 Å². The Kier molecular flexibility index (Phi) is 7.33. The molecule has 2 fully saturated rings. The number of aryl methyl sites for hydroxylation is 2. The number of carbonyl (C=O) groups excluding carboxylic acids is 1. The molecule has 210 valence electrons. The Balaban J connectivity index is 1.24. The van der Waals surface area contributed by atoms with Gasteiger partial charge in [-0.05, 0) is 81.1 Å². The average molecular weight is 563 g/mol. The van der Waals surface area contributed by atoms with Crippen LogP contribution in [0.15, 0.2) is 41.9 Å². The fourth-order valence-corrected chi connectivity index (χ4v) is 6.75. The highest BCUT2D eigenvalue weighted by molar-refractivity contribution is 7.14. The Bertz CT molecular complexity index is 1520. The molecule has 1 aromatic carbocycles. The molecule has 3 aromatic heterocycles. The number of hydrogen-bond donors (Lipinski definition) is 1. The molecular formula is C30H35FN6O2S. The minimum absolute atomic E-state index is 0.111. The molecule has 2 aliphatic heterocycles. The van der Waals surface area contributed by atoms with Crippen molar-refractivity contribution < 1.29 is 14.3 Å². The summed E-state index contributed by atoms with van der Waals surface area (Å²) in [5.41, 5.74) is 6.27. The van der Waals surface area contributed by atoms with Crippen LogP contribution in [0, 0.1) is 12.7 Å². The van der Waals surface area contributed by atoms with Crippen molar-refractivity contribution >= 4 is 33.8 Å². The van der Waals surface area contributed by atoms with Crippen LogP contribution < -0.4 is 4.90 Å². The number of anilines is 2. The molecule has 0 atom stereocenters. The first-order valence-electron chi connectivity index (χ1n) is 14.0.